The molecule has 0 saturated heterocycles. The number of carbonyl (C=O) groups excluding carboxylic acids is 2. The molecule has 6 heteroatoms. The lowest BCUT2D eigenvalue weighted by molar-refractivity contribution is -0.127. The van der Waals surface area contributed by atoms with Crippen LogP contribution in [0.1, 0.15) is 24.2 Å². The van der Waals surface area contributed by atoms with Gasteiger partial charge in [-0.25, -0.2) is 0 Å². The number of nitrogens with one attached hydrogen (secondary N) is 2. The molecule has 0 aliphatic rings. The van der Waals surface area contributed by atoms with E-state index >= 15 is 0 Å². The Morgan fingerprint density at radius 2 is 2.00 bits per heavy atom. The molecule has 0 aromatic heterocycles. The van der Waals surface area contributed by atoms with Crippen molar-refractivity contribution in [3.05, 3.63) is 23.8 Å². The fourth-order valence-electron chi connectivity index (χ4n) is 1.64. The summed E-state index contributed by atoms with van der Waals surface area (Å²) in [5.41, 5.74) is 7.31. The van der Waals surface area contributed by atoms with E-state index in [0.29, 0.717) is 30.0 Å². The zero-order valence-corrected chi connectivity index (χ0v) is 12.2. The van der Waals surface area contributed by atoms with E-state index in [1.807, 2.05) is 13.8 Å². The first-order valence-corrected chi connectivity index (χ1v) is 6.65. The number of rotatable bonds is 6. The van der Waals surface area contributed by atoms with Gasteiger partial charge >= 0.3 is 0 Å². The van der Waals surface area contributed by atoms with Gasteiger partial charge in [-0.1, -0.05) is 0 Å². The maximum atomic E-state index is 11.9. The lowest BCUT2D eigenvalue weighted by atomic mass is 10.1. The van der Waals surface area contributed by atoms with Gasteiger partial charge in [-0.2, -0.15) is 0 Å². The van der Waals surface area contributed by atoms with Crippen LogP contribution in [-0.4, -0.2) is 43.4 Å². The molecule has 0 bridgehead atoms. The second kappa shape index (κ2) is 7.37. The molecule has 1 rings (SSSR count). The van der Waals surface area contributed by atoms with Crippen LogP contribution in [0.2, 0.25) is 0 Å². The predicted octanol–water partition coefficient (Wildman–Crippen LogP) is 0.909. The summed E-state index contributed by atoms with van der Waals surface area (Å²) >= 11 is 0. The number of hydrogen-bond donors (Lipinski definition) is 3. The first-order chi connectivity index (χ1) is 9.49. The standard InChI is InChI=1S/C14H22N4O2/c1-4-16-14(20)11-7-6-10(15)8-12(11)17-9-13(19)18(3)5-2/h6-8,17H,4-5,9,15H2,1-3H3,(H,16,20). The maximum Gasteiger partial charge on any atom is 0.253 e. The number of carbonyl (C=O) groups is 2. The Balaban J connectivity index is 2.85. The second-order valence-corrected chi connectivity index (χ2v) is 4.43. The molecule has 20 heavy (non-hydrogen) atoms. The van der Waals surface area contributed by atoms with Crippen LogP contribution in [0.25, 0.3) is 0 Å². The average Bonchev–Trinajstić information content (AvgIpc) is 2.44. The first kappa shape index (κ1) is 15.8. The Morgan fingerprint density at radius 3 is 2.60 bits per heavy atom. The zero-order chi connectivity index (χ0) is 15.1. The summed E-state index contributed by atoms with van der Waals surface area (Å²) in [7, 11) is 1.73. The largest absolute Gasteiger partial charge is 0.399 e. The van der Waals surface area contributed by atoms with Crippen molar-refractivity contribution in [1.82, 2.24) is 10.2 Å². The van der Waals surface area contributed by atoms with Crippen molar-refractivity contribution in [2.24, 2.45) is 0 Å². The van der Waals surface area contributed by atoms with Gasteiger partial charge in [-0.05, 0) is 32.0 Å². The monoisotopic (exact) mass is 278 g/mol. The smallest absolute Gasteiger partial charge is 0.253 e. The first-order valence-electron chi connectivity index (χ1n) is 6.65. The highest BCUT2D eigenvalue weighted by molar-refractivity contribution is 6.00. The minimum Gasteiger partial charge on any atom is -0.399 e. The molecule has 1 aromatic carbocycles. The van der Waals surface area contributed by atoms with Crippen LogP contribution in [0.5, 0.6) is 0 Å². The molecule has 0 atom stereocenters. The van der Waals surface area contributed by atoms with Crippen molar-refractivity contribution < 1.29 is 9.59 Å². The van der Waals surface area contributed by atoms with Crippen LogP contribution in [0, 0.1) is 0 Å². The van der Waals surface area contributed by atoms with E-state index < -0.39 is 0 Å². The summed E-state index contributed by atoms with van der Waals surface area (Å²) < 4.78 is 0. The van der Waals surface area contributed by atoms with Crippen molar-refractivity contribution in [2.45, 2.75) is 13.8 Å². The molecular weight excluding hydrogens is 256 g/mol. The molecule has 0 heterocycles. The molecule has 0 spiro atoms. The lowest BCUT2D eigenvalue weighted by Crippen LogP contribution is -2.32. The second-order valence-electron chi connectivity index (χ2n) is 4.43. The lowest BCUT2D eigenvalue weighted by Gasteiger charge is -2.17. The molecule has 0 radical (unpaired) electrons. The number of nitrogens with two attached hydrogens (primary N) is 1. The Labute approximate surface area is 119 Å². The van der Waals surface area contributed by atoms with Crippen molar-refractivity contribution in [3.8, 4) is 0 Å². The Kier molecular flexibility index (Phi) is 5.83. The van der Waals surface area contributed by atoms with Gasteiger partial charge in [-0.3, -0.25) is 9.59 Å². The molecule has 0 fully saturated rings. The highest BCUT2D eigenvalue weighted by Crippen LogP contribution is 2.19. The summed E-state index contributed by atoms with van der Waals surface area (Å²) in [5.74, 6) is -0.233. The van der Waals surface area contributed by atoms with Crippen LogP contribution in [0.3, 0.4) is 0 Å². The third-order valence-electron chi connectivity index (χ3n) is 2.96. The number of nitrogens with zero attached hydrogens (tertiary/aromatic N) is 1. The SMILES string of the molecule is CCNC(=O)c1ccc(N)cc1NCC(=O)N(C)CC. The molecule has 0 aliphatic heterocycles. The van der Waals surface area contributed by atoms with E-state index in [0.717, 1.165) is 0 Å². The van der Waals surface area contributed by atoms with Crippen LogP contribution < -0.4 is 16.4 Å². The summed E-state index contributed by atoms with van der Waals surface area (Å²) in [5, 5.41) is 5.70. The van der Waals surface area contributed by atoms with Gasteiger partial charge < -0.3 is 21.3 Å². The van der Waals surface area contributed by atoms with Crippen molar-refractivity contribution in [2.75, 3.05) is 37.7 Å². The molecule has 0 aliphatic carbocycles. The van der Waals surface area contributed by atoms with E-state index in [4.69, 9.17) is 5.73 Å². The predicted molar refractivity (Wildman–Crippen MR) is 80.7 cm³/mol. The fraction of sp³-hybridized carbons (Fsp3) is 0.429. The van der Waals surface area contributed by atoms with Gasteiger partial charge in [0.1, 0.15) is 0 Å². The number of benzene rings is 1. The summed E-state index contributed by atoms with van der Waals surface area (Å²) in [6.45, 7) is 5.06. The topological polar surface area (TPSA) is 87.5 Å². The molecule has 0 saturated carbocycles. The molecule has 0 unspecified atom stereocenters. The molecule has 110 valence electrons. The number of anilines is 2. The normalized spacial score (nSPS) is 9.95. The number of amides is 2. The van der Waals surface area contributed by atoms with E-state index in [1.54, 1.807) is 30.1 Å². The minimum atomic E-state index is -0.189. The molecule has 6 nitrogen and oxygen atoms in total. The average molecular weight is 278 g/mol. The number of hydrogen-bond acceptors (Lipinski definition) is 4. The van der Waals surface area contributed by atoms with E-state index in [2.05, 4.69) is 10.6 Å². The van der Waals surface area contributed by atoms with E-state index in [-0.39, 0.29) is 18.4 Å². The molecular formula is C14H22N4O2. The van der Waals surface area contributed by atoms with E-state index in [9.17, 15) is 9.59 Å². The summed E-state index contributed by atoms with van der Waals surface area (Å²) in [6.07, 6.45) is 0. The van der Waals surface area contributed by atoms with Crippen LogP contribution in [0.4, 0.5) is 11.4 Å². The number of nitrogen functional groups attached to an aromatic ring is 1. The zero-order valence-electron chi connectivity index (χ0n) is 12.2. The van der Waals surface area contributed by atoms with E-state index in [1.165, 1.54) is 0 Å². The van der Waals surface area contributed by atoms with Crippen LogP contribution in [0.15, 0.2) is 18.2 Å². The Bertz CT molecular complexity index is 488. The van der Waals surface area contributed by atoms with Gasteiger partial charge in [0.25, 0.3) is 5.91 Å². The Morgan fingerprint density at radius 1 is 1.30 bits per heavy atom. The minimum absolute atomic E-state index is 0.0447. The van der Waals surface area contributed by atoms with Gasteiger partial charge in [0.05, 0.1) is 12.1 Å². The third kappa shape index (κ3) is 4.15. The fourth-order valence-corrected chi connectivity index (χ4v) is 1.64. The van der Waals surface area contributed by atoms with Gasteiger partial charge in [0, 0.05) is 31.5 Å². The molecule has 2 amide bonds. The highest BCUT2D eigenvalue weighted by atomic mass is 16.2. The summed E-state index contributed by atoms with van der Waals surface area (Å²) in [4.78, 5) is 25.3. The summed E-state index contributed by atoms with van der Waals surface area (Å²) in [6, 6.07) is 4.97. The van der Waals surface area contributed by atoms with Crippen molar-refractivity contribution >= 4 is 23.2 Å². The molecule has 4 N–H and O–H groups in total. The maximum absolute atomic E-state index is 11.9. The quantitative estimate of drug-likeness (QED) is 0.675. The molecule has 1 aromatic rings. The third-order valence-corrected chi connectivity index (χ3v) is 2.96. The van der Waals surface area contributed by atoms with Gasteiger partial charge in [0.15, 0.2) is 0 Å². The van der Waals surface area contributed by atoms with Crippen molar-refractivity contribution in [1.29, 1.82) is 0 Å². The number of likely N-dealkylation sites (N-methyl/N-ethyl adjacent to an activating group) is 1. The van der Waals surface area contributed by atoms with Crippen molar-refractivity contribution in [3.63, 3.8) is 0 Å². The highest BCUT2D eigenvalue weighted by Gasteiger charge is 2.13. The van der Waals surface area contributed by atoms with Gasteiger partial charge in [-0.15, -0.1) is 0 Å². The van der Waals surface area contributed by atoms with Crippen LogP contribution >= 0.6 is 0 Å². The Hall–Kier alpha value is -2.24. The van der Waals surface area contributed by atoms with Crippen LogP contribution in [-0.2, 0) is 4.79 Å². The van der Waals surface area contributed by atoms with Gasteiger partial charge in [0.2, 0.25) is 5.91 Å².